The summed E-state index contributed by atoms with van der Waals surface area (Å²) in [4.78, 5) is 15.1. The number of carbonyl (C=O) groups excluding carboxylic acids is 1. The minimum Gasteiger partial charge on any atom is -0.354 e. The predicted molar refractivity (Wildman–Crippen MR) is 76.6 cm³/mol. The summed E-state index contributed by atoms with van der Waals surface area (Å²) in [6.45, 7) is 2.56. The molecule has 0 aliphatic rings. The molecule has 4 nitrogen and oxygen atoms in total. The molecule has 1 amide bonds. The van der Waals surface area contributed by atoms with Crippen LogP contribution in [0.5, 0.6) is 0 Å². The summed E-state index contributed by atoms with van der Waals surface area (Å²) in [7, 11) is 4.05. The second-order valence-electron chi connectivity index (χ2n) is 4.81. The van der Waals surface area contributed by atoms with Crippen LogP contribution in [0.4, 0.5) is 0 Å². The van der Waals surface area contributed by atoms with E-state index < -0.39 is 0 Å². The van der Waals surface area contributed by atoms with Gasteiger partial charge in [0.05, 0.1) is 6.04 Å². The third-order valence-corrected chi connectivity index (χ3v) is 3.79. The monoisotopic (exact) mass is 269 g/mol. The Morgan fingerprint density at radius 2 is 2.28 bits per heavy atom. The van der Waals surface area contributed by atoms with Gasteiger partial charge in [0.15, 0.2) is 0 Å². The molecule has 3 N–H and O–H groups in total. The molecule has 2 unspecified atom stereocenters. The van der Waals surface area contributed by atoms with E-state index in [0.29, 0.717) is 13.0 Å². The number of nitrogens with one attached hydrogen (secondary N) is 1. The van der Waals surface area contributed by atoms with Crippen LogP contribution in [-0.4, -0.2) is 37.5 Å². The number of hydrogen-bond acceptors (Lipinski definition) is 4. The first-order valence-corrected chi connectivity index (χ1v) is 7.10. The van der Waals surface area contributed by atoms with Gasteiger partial charge in [0, 0.05) is 23.9 Å². The highest BCUT2D eigenvalue weighted by Gasteiger charge is 2.16. The third-order valence-electron chi connectivity index (χ3n) is 2.81. The van der Waals surface area contributed by atoms with Gasteiger partial charge in [-0.15, -0.1) is 11.3 Å². The molecule has 0 bridgehead atoms. The van der Waals surface area contributed by atoms with Crippen LogP contribution in [0.3, 0.4) is 0 Å². The molecule has 102 valence electrons. The van der Waals surface area contributed by atoms with E-state index in [1.165, 1.54) is 4.88 Å². The number of hydrogen-bond donors (Lipinski definition) is 2. The number of amides is 1. The zero-order valence-electron chi connectivity index (χ0n) is 11.3. The molecule has 1 rings (SSSR count). The molecule has 1 heterocycles. The zero-order valence-corrected chi connectivity index (χ0v) is 12.2. The summed E-state index contributed by atoms with van der Waals surface area (Å²) in [5.74, 6) is 0.0794. The molecule has 0 saturated carbocycles. The van der Waals surface area contributed by atoms with Gasteiger partial charge in [0.2, 0.25) is 5.91 Å². The molecule has 0 spiro atoms. The van der Waals surface area contributed by atoms with Gasteiger partial charge in [-0.25, -0.2) is 0 Å². The first-order valence-electron chi connectivity index (χ1n) is 6.22. The lowest BCUT2D eigenvalue weighted by atomic mass is 10.2. The molecule has 0 saturated heterocycles. The van der Waals surface area contributed by atoms with Crippen molar-refractivity contribution in [2.24, 2.45) is 5.73 Å². The second-order valence-corrected chi connectivity index (χ2v) is 5.79. The fourth-order valence-electron chi connectivity index (χ4n) is 1.68. The highest BCUT2D eigenvalue weighted by atomic mass is 32.1. The summed E-state index contributed by atoms with van der Waals surface area (Å²) in [5.41, 5.74) is 5.64. The van der Waals surface area contributed by atoms with Crippen molar-refractivity contribution in [2.75, 3.05) is 20.6 Å². The summed E-state index contributed by atoms with van der Waals surface area (Å²) >= 11 is 1.72. The van der Waals surface area contributed by atoms with Gasteiger partial charge in [0.25, 0.3) is 0 Å². The van der Waals surface area contributed by atoms with Gasteiger partial charge in [-0.05, 0) is 38.9 Å². The van der Waals surface area contributed by atoms with Crippen molar-refractivity contribution in [1.29, 1.82) is 0 Å². The minimum atomic E-state index is 0.0794. The van der Waals surface area contributed by atoms with E-state index in [2.05, 4.69) is 21.7 Å². The lowest BCUT2D eigenvalue weighted by molar-refractivity contribution is -0.121. The standard InChI is InChI=1S/C13H23N3OS/c1-10(14)6-7-13(17)15-9-11(16(2)3)12-5-4-8-18-12/h4-5,8,10-11H,6-7,9,14H2,1-3H3,(H,15,17). The van der Waals surface area contributed by atoms with Crippen LogP contribution in [0.2, 0.25) is 0 Å². The molecule has 18 heavy (non-hydrogen) atoms. The van der Waals surface area contributed by atoms with Gasteiger partial charge < -0.3 is 16.0 Å². The molecule has 0 aliphatic carbocycles. The van der Waals surface area contributed by atoms with Crippen molar-refractivity contribution >= 4 is 17.2 Å². The van der Waals surface area contributed by atoms with Crippen LogP contribution in [-0.2, 0) is 4.79 Å². The fraction of sp³-hybridized carbons (Fsp3) is 0.615. The molecule has 0 radical (unpaired) electrons. The van der Waals surface area contributed by atoms with Crippen molar-refractivity contribution in [3.05, 3.63) is 22.4 Å². The summed E-state index contributed by atoms with van der Waals surface area (Å²) < 4.78 is 0. The Hall–Kier alpha value is -0.910. The first kappa shape index (κ1) is 15.1. The molecule has 2 atom stereocenters. The Bertz CT molecular complexity index is 349. The van der Waals surface area contributed by atoms with Crippen molar-refractivity contribution < 1.29 is 4.79 Å². The van der Waals surface area contributed by atoms with E-state index in [-0.39, 0.29) is 18.0 Å². The van der Waals surface area contributed by atoms with Crippen molar-refractivity contribution in [3.8, 4) is 0 Å². The Labute approximate surface area is 113 Å². The summed E-state index contributed by atoms with van der Waals surface area (Å²) in [6.07, 6.45) is 1.24. The van der Waals surface area contributed by atoms with E-state index in [9.17, 15) is 4.79 Å². The van der Waals surface area contributed by atoms with Gasteiger partial charge >= 0.3 is 0 Å². The maximum Gasteiger partial charge on any atom is 0.220 e. The number of nitrogens with zero attached hydrogens (tertiary/aromatic N) is 1. The number of thiophene rings is 1. The summed E-state index contributed by atoms with van der Waals surface area (Å²) in [6, 6.07) is 4.46. The number of nitrogens with two attached hydrogens (primary N) is 1. The van der Waals surface area contributed by atoms with Crippen LogP contribution in [0.25, 0.3) is 0 Å². The van der Waals surface area contributed by atoms with Crippen LogP contribution in [0.1, 0.15) is 30.7 Å². The topological polar surface area (TPSA) is 58.4 Å². The lowest BCUT2D eigenvalue weighted by Gasteiger charge is -2.23. The maximum atomic E-state index is 11.7. The highest BCUT2D eigenvalue weighted by Crippen LogP contribution is 2.22. The summed E-state index contributed by atoms with van der Waals surface area (Å²) in [5, 5.41) is 5.04. The third kappa shape index (κ3) is 5.16. The van der Waals surface area contributed by atoms with Crippen LogP contribution >= 0.6 is 11.3 Å². The second kappa shape index (κ2) is 7.51. The quantitative estimate of drug-likeness (QED) is 0.790. The van der Waals surface area contributed by atoms with Gasteiger partial charge in [-0.1, -0.05) is 6.07 Å². The minimum absolute atomic E-state index is 0.0794. The first-order chi connectivity index (χ1) is 8.50. The largest absolute Gasteiger partial charge is 0.354 e. The molecule has 1 aromatic rings. The van der Waals surface area contributed by atoms with Crippen LogP contribution in [0, 0.1) is 0 Å². The molecular formula is C13H23N3OS. The fourth-order valence-corrected chi connectivity index (χ4v) is 2.60. The van der Waals surface area contributed by atoms with Gasteiger partial charge in [-0.3, -0.25) is 4.79 Å². The molecule has 0 fully saturated rings. The van der Waals surface area contributed by atoms with E-state index in [1.54, 1.807) is 11.3 Å². The normalized spacial score (nSPS) is 14.5. The van der Waals surface area contributed by atoms with E-state index in [1.807, 2.05) is 27.1 Å². The average Bonchev–Trinajstić information content (AvgIpc) is 2.79. The SMILES string of the molecule is CC(N)CCC(=O)NCC(c1cccs1)N(C)C. The lowest BCUT2D eigenvalue weighted by Crippen LogP contribution is -2.34. The number of carbonyl (C=O) groups is 1. The van der Waals surface area contributed by atoms with Crippen molar-refractivity contribution in [3.63, 3.8) is 0 Å². The zero-order chi connectivity index (χ0) is 13.5. The molecule has 0 aromatic carbocycles. The van der Waals surface area contributed by atoms with Gasteiger partial charge in [-0.2, -0.15) is 0 Å². The van der Waals surface area contributed by atoms with Crippen LogP contribution < -0.4 is 11.1 Å². The molecule has 5 heteroatoms. The highest BCUT2D eigenvalue weighted by molar-refractivity contribution is 7.10. The molecule has 0 aliphatic heterocycles. The predicted octanol–water partition coefficient (Wildman–Crippen LogP) is 1.59. The Morgan fingerprint density at radius 3 is 2.78 bits per heavy atom. The Kier molecular flexibility index (Phi) is 6.32. The van der Waals surface area contributed by atoms with E-state index in [0.717, 1.165) is 6.42 Å². The van der Waals surface area contributed by atoms with Gasteiger partial charge in [0.1, 0.15) is 0 Å². The number of likely N-dealkylation sites (N-methyl/N-ethyl adjacent to an activating group) is 1. The number of rotatable bonds is 7. The Morgan fingerprint density at radius 1 is 1.56 bits per heavy atom. The van der Waals surface area contributed by atoms with E-state index >= 15 is 0 Å². The maximum absolute atomic E-state index is 11.7. The van der Waals surface area contributed by atoms with Crippen molar-refractivity contribution in [2.45, 2.75) is 31.8 Å². The van der Waals surface area contributed by atoms with Crippen LogP contribution in [0.15, 0.2) is 17.5 Å². The van der Waals surface area contributed by atoms with Crippen molar-refractivity contribution in [1.82, 2.24) is 10.2 Å². The average molecular weight is 269 g/mol. The Balaban J connectivity index is 2.41. The van der Waals surface area contributed by atoms with E-state index in [4.69, 9.17) is 5.73 Å². The molecular weight excluding hydrogens is 246 g/mol. The molecule has 1 aromatic heterocycles. The smallest absolute Gasteiger partial charge is 0.220 e.